The Labute approximate surface area is 141 Å². The van der Waals surface area contributed by atoms with Crippen molar-refractivity contribution < 1.29 is 9.53 Å². The summed E-state index contributed by atoms with van der Waals surface area (Å²) in [5, 5.41) is 4.11. The molecular weight excluding hydrogens is 322 g/mol. The fourth-order valence-corrected chi connectivity index (χ4v) is 4.09. The molecular formula is C15H24ClN3O2S. The molecule has 3 rings (SSSR count). The van der Waals surface area contributed by atoms with Gasteiger partial charge in [-0.05, 0) is 38.5 Å². The Morgan fingerprint density at radius 1 is 1.32 bits per heavy atom. The number of nitrogens with zero attached hydrogens (tertiary/aromatic N) is 1. The first-order valence-corrected chi connectivity index (χ1v) is 8.61. The van der Waals surface area contributed by atoms with Gasteiger partial charge in [-0.3, -0.25) is 4.79 Å². The molecule has 1 aliphatic carbocycles. The molecule has 5 nitrogen and oxygen atoms in total. The van der Waals surface area contributed by atoms with E-state index in [1.54, 1.807) is 0 Å². The Kier molecular flexibility index (Phi) is 6.20. The lowest BCUT2D eigenvalue weighted by molar-refractivity contribution is -0.129. The van der Waals surface area contributed by atoms with Gasteiger partial charge in [0.25, 0.3) is 0 Å². The van der Waals surface area contributed by atoms with E-state index in [1.807, 2.05) is 11.3 Å². The molecule has 0 bridgehead atoms. The van der Waals surface area contributed by atoms with Crippen LogP contribution in [-0.2, 0) is 28.8 Å². The highest BCUT2D eigenvalue weighted by molar-refractivity contribution is 7.11. The van der Waals surface area contributed by atoms with Crippen LogP contribution >= 0.6 is 23.7 Å². The predicted molar refractivity (Wildman–Crippen MR) is 89.7 cm³/mol. The highest BCUT2D eigenvalue weighted by Gasteiger charge is 2.35. The van der Waals surface area contributed by atoms with Crippen LogP contribution in [0.3, 0.4) is 0 Å². The Hall–Kier alpha value is -0.690. The summed E-state index contributed by atoms with van der Waals surface area (Å²) in [6.45, 7) is 1.76. The van der Waals surface area contributed by atoms with Crippen LogP contribution in [-0.4, -0.2) is 36.2 Å². The standard InChI is InChI=1S/C15H23N3O2S.ClH/c16-15(6-9-20-10-7-15)14(19)17-8-5-13-18-11-3-1-2-4-12(11)21-13;/h1-10,16H2,(H,17,19);1H. The number of aryl methyl sites for hydroxylation is 2. The number of hydrogen-bond acceptors (Lipinski definition) is 5. The molecule has 1 aliphatic heterocycles. The molecule has 0 spiro atoms. The van der Waals surface area contributed by atoms with Crippen LogP contribution < -0.4 is 11.1 Å². The van der Waals surface area contributed by atoms with Gasteiger partial charge in [-0.2, -0.15) is 0 Å². The fourth-order valence-electron chi connectivity index (χ4n) is 2.93. The monoisotopic (exact) mass is 345 g/mol. The van der Waals surface area contributed by atoms with E-state index in [1.165, 1.54) is 29.8 Å². The minimum Gasteiger partial charge on any atom is -0.381 e. The van der Waals surface area contributed by atoms with Gasteiger partial charge in [0.15, 0.2) is 0 Å². The van der Waals surface area contributed by atoms with Crippen molar-refractivity contribution in [3.05, 3.63) is 15.6 Å². The van der Waals surface area contributed by atoms with Crippen molar-refractivity contribution in [2.45, 2.75) is 50.5 Å². The Balaban J connectivity index is 0.00000176. The van der Waals surface area contributed by atoms with E-state index in [-0.39, 0.29) is 18.3 Å². The number of rotatable bonds is 4. The molecule has 2 aliphatic rings. The van der Waals surface area contributed by atoms with E-state index < -0.39 is 5.54 Å². The summed E-state index contributed by atoms with van der Waals surface area (Å²) in [5.41, 5.74) is 6.69. The third-order valence-electron chi connectivity index (χ3n) is 4.35. The second-order valence-electron chi connectivity index (χ2n) is 5.96. The van der Waals surface area contributed by atoms with E-state index in [4.69, 9.17) is 15.5 Å². The lowest BCUT2D eigenvalue weighted by atomic mass is 9.90. The fraction of sp³-hybridized carbons (Fsp3) is 0.733. The van der Waals surface area contributed by atoms with Gasteiger partial charge in [0.1, 0.15) is 0 Å². The van der Waals surface area contributed by atoms with Crippen molar-refractivity contribution in [2.75, 3.05) is 19.8 Å². The zero-order valence-corrected chi connectivity index (χ0v) is 14.4. The summed E-state index contributed by atoms with van der Waals surface area (Å²) in [7, 11) is 0. The Morgan fingerprint density at radius 2 is 2.05 bits per heavy atom. The van der Waals surface area contributed by atoms with Crippen molar-refractivity contribution >= 4 is 29.7 Å². The van der Waals surface area contributed by atoms with Gasteiger partial charge in [0.2, 0.25) is 5.91 Å². The molecule has 3 N–H and O–H groups in total. The van der Waals surface area contributed by atoms with Crippen LogP contribution in [0.5, 0.6) is 0 Å². The van der Waals surface area contributed by atoms with Crippen LogP contribution in [0.2, 0.25) is 0 Å². The summed E-state index contributed by atoms with van der Waals surface area (Å²) in [6.07, 6.45) is 6.83. The van der Waals surface area contributed by atoms with E-state index in [9.17, 15) is 4.79 Å². The van der Waals surface area contributed by atoms with Crippen molar-refractivity contribution in [3.63, 3.8) is 0 Å². The molecule has 0 atom stereocenters. The number of halogens is 1. The van der Waals surface area contributed by atoms with Crippen molar-refractivity contribution in [1.29, 1.82) is 0 Å². The third kappa shape index (κ3) is 3.98. The highest BCUT2D eigenvalue weighted by Crippen LogP contribution is 2.26. The molecule has 1 aromatic heterocycles. The molecule has 7 heteroatoms. The average Bonchev–Trinajstić information content (AvgIpc) is 2.90. The number of carbonyl (C=O) groups excluding carboxylic acids is 1. The van der Waals surface area contributed by atoms with Gasteiger partial charge in [-0.25, -0.2) is 4.98 Å². The average molecular weight is 346 g/mol. The first kappa shape index (κ1) is 17.7. The number of aromatic nitrogens is 1. The molecule has 22 heavy (non-hydrogen) atoms. The molecule has 0 unspecified atom stereocenters. The number of ether oxygens (including phenoxy) is 1. The summed E-state index contributed by atoms with van der Waals surface area (Å²) >= 11 is 1.81. The lowest BCUT2D eigenvalue weighted by Crippen LogP contribution is -2.57. The van der Waals surface area contributed by atoms with Gasteiger partial charge in [-0.15, -0.1) is 23.7 Å². The number of carbonyl (C=O) groups is 1. The number of hydrogen-bond donors (Lipinski definition) is 2. The van der Waals surface area contributed by atoms with Gasteiger partial charge < -0.3 is 15.8 Å². The maximum absolute atomic E-state index is 12.2. The zero-order valence-electron chi connectivity index (χ0n) is 12.7. The predicted octanol–water partition coefficient (Wildman–Crippen LogP) is 1.61. The summed E-state index contributed by atoms with van der Waals surface area (Å²) in [5.74, 6) is -0.0490. The SMILES string of the molecule is Cl.NC1(C(=O)NCCc2nc3c(s2)CCCC3)CCOCC1. The number of nitrogens with two attached hydrogens (primary N) is 1. The van der Waals surface area contributed by atoms with Gasteiger partial charge in [0, 0.05) is 31.1 Å². The molecule has 1 saturated heterocycles. The second kappa shape index (κ2) is 7.73. The maximum Gasteiger partial charge on any atom is 0.240 e. The first-order chi connectivity index (χ1) is 10.2. The summed E-state index contributed by atoms with van der Waals surface area (Å²) in [4.78, 5) is 18.3. The zero-order chi connectivity index (χ0) is 14.7. The van der Waals surface area contributed by atoms with E-state index in [0.29, 0.717) is 32.6 Å². The molecule has 0 aromatic carbocycles. The lowest BCUT2D eigenvalue weighted by Gasteiger charge is -2.31. The number of nitrogens with one attached hydrogen (secondary N) is 1. The van der Waals surface area contributed by atoms with Gasteiger partial charge in [0.05, 0.1) is 16.2 Å². The molecule has 1 aromatic rings. The summed E-state index contributed by atoms with van der Waals surface area (Å²) in [6, 6.07) is 0. The minimum atomic E-state index is -0.750. The molecule has 124 valence electrons. The highest BCUT2D eigenvalue weighted by atomic mass is 35.5. The normalized spacial score (nSPS) is 19.9. The van der Waals surface area contributed by atoms with E-state index in [2.05, 4.69) is 5.32 Å². The number of amides is 1. The van der Waals surface area contributed by atoms with Crippen LogP contribution in [0, 0.1) is 0 Å². The summed E-state index contributed by atoms with van der Waals surface area (Å²) < 4.78 is 5.27. The third-order valence-corrected chi connectivity index (χ3v) is 5.57. The molecule has 1 fully saturated rings. The molecule has 2 heterocycles. The van der Waals surface area contributed by atoms with Crippen LogP contribution in [0.4, 0.5) is 0 Å². The number of thiazole rings is 1. The van der Waals surface area contributed by atoms with Crippen molar-refractivity contribution in [1.82, 2.24) is 10.3 Å². The Morgan fingerprint density at radius 3 is 2.77 bits per heavy atom. The largest absolute Gasteiger partial charge is 0.381 e. The van der Waals surface area contributed by atoms with Crippen LogP contribution in [0.25, 0.3) is 0 Å². The quantitative estimate of drug-likeness (QED) is 0.869. The van der Waals surface area contributed by atoms with Crippen LogP contribution in [0.15, 0.2) is 0 Å². The first-order valence-electron chi connectivity index (χ1n) is 7.80. The van der Waals surface area contributed by atoms with Crippen molar-refractivity contribution in [3.8, 4) is 0 Å². The van der Waals surface area contributed by atoms with E-state index in [0.717, 1.165) is 17.8 Å². The molecule has 0 radical (unpaired) electrons. The van der Waals surface area contributed by atoms with Crippen LogP contribution in [0.1, 0.15) is 41.3 Å². The maximum atomic E-state index is 12.2. The smallest absolute Gasteiger partial charge is 0.240 e. The number of fused-ring (bicyclic) bond motifs is 1. The molecule has 0 saturated carbocycles. The Bertz CT molecular complexity index is 491. The van der Waals surface area contributed by atoms with E-state index >= 15 is 0 Å². The van der Waals surface area contributed by atoms with Gasteiger partial charge in [-0.1, -0.05) is 0 Å². The van der Waals surface area contributed by atoms with Crippen molar-refractivity contribution in [2.24, 2.45) is 5.73 Å². The second-order valence-corrected chi connectivity index (χ2v) is 7.13. The molecule has 1 amide bonds. The topological polar surface area (TPSA) is 77.2 Å². The van der Waals surface area contributed by atoms with Gasteiger partial charge >= 0.3 is 0 Å². The minimum absolute atomic E-state index is 0.